The Balaban J connectivity index is 2.09. The highest BCUT2D eigenvalue weighted by atomic mass is 79.9. The second kappa shape index (κ2) is 10.4. The number of aliphatic imine (C=N–C) groups is 2. The zero-order chi connectivity index (χ0) is 21.5. The summed E-state index contributed by atoms with van der Waals surface area (Å²) < 4.78 is 5.74. The first-order valence-corrected chi connectivity index (χ1v) is 10.6. The number of esters is 1. The van der Waals surface area contributed by atoms with Crippen LogP contribution in [0, 0.1) is 5.92 Å². The number of nitrogens with zero attached hydrogens (tertiary/aromatic N) is 3. The zero-order valence-corrected chi connectivity index (χ0v) is 18.6. The number of benzodiazepines with no additional fused rings is 1. The number of amidine groups is 1. The predicted octanol–water partition coefficient (Wildman–Crippen LogP) is 3.46. The Hall–Kier alpha value is -2.58. The molecule has 0 spiro atoms. The SMILES string of the molecule is COC(=O)CC[C@@H]1N=C(c2ccccn2)c2cc(Br)ccc2NC1=NCC(C)CO. The number of halogens is 1. The molecule has 2 atom stereocenters. The van der Waals surface area contributed by atoms with Gasteiger partial charge in [0.1, 0.15) is 11.9 Å². The van der Waals surface area contributed by atoms with E-state index in [1.54, 1.807) is 6.20 Å². The van der Waals surface area contributed by atoms with E-state index < -0.39 is 0 Å². The summed E-state index contributed by atoms with van der Waals surface area (Å²) >= 11 is 3.54. The molecule has 1 aromatic heterocycles. The second-order valence-corrected chi connectivity index (χ2v) is 8.07. The minimum atomic E-state index is -0.377. The highest BCUT2D eigenvalue weighted by Crippen LogP contribution is 2.28. The number of nitrogens with one attached hydrogen (secondary N) is 1. The van der Waals surface area contributed by atoms with Gasteiger partial charge in [-0.25, -0.2) is 0 Å². The first-order valence-electron chi connectivity index (χ1n) is 9.80. The van der Waals surface area contributed by atoms with E-state index in [1.165, 1.54) is 7.11 Å². The summed E-state index contributed by atoms with van der Waals surface area (Å²) in [6.07, 6.45) is 2.39. The van der Waals surface area contributed by atoms with Crippen LogP contribution >= 0.6 is 15.9 Å². The standard InChI is InChI=1S/C22H25BrN4O3/c1-14(13-28)12-25-22-19(8-9-20(29)30-2)26-21(18-5-3-4-10-24-18)16-11-15(23)6-7-17(16)27-22/h3-7,10-11,14,19,28H,8-9,12-13H2,1-2H3,(H,25,27)/t14?,19-/m0/s1. The number of ether oxygens (including phenoxy) is 1. The number of pyridine rings is 1. The summed E-state index contributed by atoms with van der Waals surface area (Å²) in [4.78, 5) is 26.0. The lowest BCUT2D eigenvalue weighted by atomic mass is 10.0. The fraction of sp³-hybridized carbons (Fsp3) is 0.364. The van der Waals surface area contributed by atoms with E-state index in [1.807, 2.05) is 43.3 Å². The number of anilines is 1. The molecule has 1 aromatic carbocycles. The minimum Gasteiger partial charge on any atom is -0.469 e. The first kappa shape index (κ1) is 22.1. The monoisotopic (exact) mass is 472 g/mol. The number of hydrogen-bond acceptors (Lipinski definition) is 6. The van der Waals surface area contributed by atoms with Gasteiger partial charge in [0.05, 0.1) is 18.5 Å². The Kier molecular flexibility index (Phi) is 7.70. The summed E-state index contributed by atoms with van der Waals surface area (Å²) in [5.41, 5.74) is 3.23. The van der Waals surface area contributed by atoms with Crippen LogP contribution in [0.2, 0.25) is 0 Å². The highest BCUT2D eigenvalue weighted by Gasteiger charge is 2.26. The summed E-state index contributed by atoms with van der Waals surface area (Å²) in [5.74, 6) is 0.387. The van der Waals surface area contributed by atoms with Gasteiger partial charge in [0.15, 0.2) is 0 Å². The van der Waals surface area contributed by atoms with Gasteiger partial charge in [0.25, 0.3) is 0 Å². The van der Waals surface area contributed by atoms with Crippen molar-refractivity contribution in [3.05, 3.63) is 58.3 Å². The molecule has 2 N–H and O–H groups in total. The number of aromatic nitrogens is 1. The van der Waals surface area contributed by atoms with Crippen molar-refractivity contribution < 1.29 is 14.6 Å². The number of fused-ring (bicyclic) bond motifs is 1. The van der Waals surface area contributed by atoms with Crippen LogP contribution in [-0.2, 0) is 9.53 Å². The largest absolute Gasteiger partial charge is 0.469 e. The van der Waals surface area contributed by atoms with E-state index in [-0.39, 0.29) is 31.0 Å². The molecule has 1 aliphatic rings. The van der Waals surface area contributed by atoms with Gasteiger partial charge in [-0.15, -0.1) is 0 Å². The molecule has 1 aliphatic heterocycles. The maximum absolute atomic E-state index is 11.8. The number of aliphatic hydroxyl groups is 1. The third-order valence-corrected chi connectivity index (χ3v) is 5.24. The van der Waals surface area contributed by atoms with Crippen LogP contribution in [0.5, 0.6) is 0 Å². The molecule has 30 heavy (non-hydrogen) atoms. The van der Waals surface area contributed by atoms with E-state index in [2.05, 4.69) is 26.2 Å². The molecular weight excluding hydrogens is 448 g/mol. The van der Waals surface area contributed by atoms with Crippen molar-refractivity contribution >= 4 is 39.1 Å². The molecule has 2 heterocycles. The fourth-order valence-electron chi connectivity index (χ4n) is 3.05. The summed E-state index contributed by atoms with van der Waals surface area (Å²) in [6, 6.07) is 11.2. The van der Waals surface area contributed by atoms with Gasteiger partial charge in [-0.3, -0.25) is 19.8 Å². The topological polar surface area (TPSA) is 96.2 Å². The molecule has 8 heteroatoms. The van der Waals surface area contributed by atoms with Gasteiger partial charge in [0.2, 0.25) is 0 Å². The van der Waals surface area contributed by atoms with Crippen molar-refractivity contribution in [2.24, 2.45) is 15.9 Å². The lowest BCUT2D eigenvalue weighted by Gasteiger charge is -2.16. The molecule has 3 rings (SSSR count). The number of rotatable bonds is 7. The average Bonchev–Trinajstić information content (AvgIpc) is 2.92. The smallest absolute Gasteiger partial charge is 0.305 e. The van der Waals surface area contributed by atoms with Crippen LogP contribution < -0.4 is 5.32 Å². The Morgan fingerprint density at radius 1 is 1.37 bits per heavy atom. The number of aliphatic hydroxyl groups excluding tert-OH is 1. The van der Waals surface area contributed by atoms with Crippen molar-refractivity contribution in [3.63, 3.8) is 0 Å². The van der Waals surface area contributed by atoms with Gasteiger partial charge < -0.3 is 15.2 Å². The maximum Gasteiger partial charge on any atom is 0.305 e. The Morgan fingerprint density at radius 3 is 2.90 bits per heavy atom. The van der Waals surface area contributed by atoms with E-state index >= 15 is 0 Å². The van der Waals surface area contributed by atoms with E-state index in [9.17, 15) is 9.90 Å². The van der Waals surface area contributed by atoms with Crippen LogP contribution in [-0.4, -0.2) is 53.9 Å². The summed E-state index contributed by atoms with van der Waals surface area (Å²) in [7, 11) is 1.38. The van der Waals surface area contributed by atoms with Gasteiger partial charge in [-0.1, -0.05) is 28.9 Å². The number of hydrogen-bond donors (Lipinski definition) is 2. The van der Waals surface area contributed by atoms with Gasteiger partial charge in [0, 0.05) is 41.5 Å². The molecule has 1 unspecified atom stereocenters. The van der Waals surface area contributed by atoms with Crippen LogP contribution in [0.4, 0.5) is 5.69 Å². The minimum absolute atomic E-state index is 0.0208. The average molecular weight is 473 g/mol. The van der Waals surface area contributed by atoms with Crippen LogP contribution in [0.25, 0.3) is 0 Å². The molecule has 0 saturated heterocycles. The molecule has 2 aromatic rings. The van der Waals surface area contributed by atoms with Gasteiger partial charge in [-0.05, 0) is 42.7 Å². The number of methoxy groups -OCH3 is 1. The molecule has 0 saturated carbocycles. The van der Waals surface area contributed by atoms with Gasteiger partial charge in [-0.2, -0.15) is 0 Å². The summed E-state index contributed by atoms with van der Waals surface area (Å²) in [6.45, 7) is 2.43. The zero-order valence-electron chi connectivity index (χ0n) is 17.0. The molecule has 7 nitrogen and oxygen atoms in total. The third-order valence-electron chi connectivity index (χ3n) is 4.74. The Morgan fingerprint density at radius 2 is 2.20 bits per heavy atom. The van der Waals surface area contributed by atoms with Crippen molar-refractivity contribution in [2.75, 3.05) is 25.6 Å². The lowest BCUT2D eigenvalue weighted by Crippen LogP contribution is -2.28. The quantitative estimate of drug-likeness (QED) is 0.601. The van der Waals surface area contributed by atoms with Gasteiger partial charge >= 0.3 is 5.97 Å². The van der Waals surface area contributed by atoms with Crippen molar-refractivity contribution in [2.45, 2.75) is 25.8 Å². The fourth-order valence-corrected chi connectivity index (χ4v) is 3.41. The molecule has 0 fully saturated rings. The third kappa shape index (κ3) is 5.52. The molecule has 0 amide bonds. The van der Waals surface area contributed by atoms with E-state index in [0.717, 1.165) is 27.1 Å². The van der Waals surface area contributed by atoms with Crippen LogP contribution in [0.1, 0.15) is 31.0 Å². The molecule has 0 bridgehead atoms. The molecular formula is C22H25BrN4O3. The second-order valence-electron chi connectivity index (χ2n) is 7.15. The lowest BCUT2D eigenvalue weighted by molar-refractivity contribution is -0.140. The Bertz CT molecular complexity index is 947. The number of benzene rings is 1. The normalized spacial score (nSPS) is 18.1. The number of carbonyl (C=O) groups is 1. The highest BCUT2D eigenvalue weighted by molar-refractivity contribution is 9.10. The summed E-state index contributed by atoms with van der Waals surface area (Å²) in [5, 5.41) is 12.8. The van der Waals surface area contributed by atoms with Crippen LogP contribution in [0.3, 0.4) is 0 Å². The molecule has 0 radical (unpaired) electrons. The number of carbonyl (C=O) groups excluding carboxylic acids is 1. The predicted molar refractivity (Wildman–Crippen MR) is 121 cm³/mol. The van der Waals surface area contributed by atoms with E-state index in [0.29, 0.717) is 18.8 Å². The van der Waals surface area contributed by atoms with E-state index in [4.69, 9.17) is 14.7 Å². The Labute approximate surface area is 184 Å². The molecule has 158 valence electrons. The first-order chi connectivity index (χ1) is 14.5. The van der Waals surface area contributed by atoms with Crippen molar-refractivity contribution in [3.8, 4) is 0 Å². The molecule has 0 aliphatic carbocycles. The van der Waals surface area contributed by atoms with Crippen LogP contribution in [0.15, 0.2) is 57.1 Å². The van der Waals surface area contributed by atoms with Crippen molar-refractivity contribution in [1.29, 1.82) is 0 Å². The van der Waals surface area contributed by atoms with Crippen molar-refractivity contribution in [1.82, 2.24) is 4.98 Å². The maximum atomic E-state index is 11.8.